The minimum Gasteiger partial charge on any atom is -0.395 e. The Labute approximate surface area is 76.0 Å². The first-order valence-electron chi connectivity index (χ1n) is 4.18. The van der Waals surface area contributed by atoms with E-state index < -0.39 is 0 Å². The van der Waals surface area contributed by atoms with Crippen LogP contribution >= 0.6 is 12.4 Å². The summed E-state index contributed by atoms with van der Waals surface area (Å²) in [7, 11) is 0. The minimum atomic E-state index is 0. The molecule has 0 unspecified atom stereocenters. The molecule has 0 aliphatic rings. The highest BCUT2D eigenvalue weighted by molar-refractivity contribution is 5.85. The molecule has 2 nitrogen and oxygen atoms in total. The van der Waals surface area contributed by atoms with E-state index in [2.05, 4.69) is 18.7 Å². The highest BCUT2D eigenvalue weighted by Crippen LogP contribution is 1.91. The predicted molar refractivity (Wildman–Crippen MR) is 51.4 cm³/mol. The van der Waals surface area contributed by atoms with Crippen molar-refractivity contribution in [2.24, 2.45) is 0 Å². The summed E-state index contributed by atoms with van der Waals surface area (Å²) < 4.78 is 0. The van der Waals surface area contributed by atoms with Crippen molar-refractivity contribution in [1.29, 1.82) is 0 Å². The van der Waals surface area contributed by atoms with Gasteiger partial charge in [-0.2, -0.15) is 0 Å². The van der Waals surface area contributed by atoms with E-state index in [1.54, 1.807) is 0 Å². The summed E-state index contributed by atoms with van der Waals surface area (Å²) in [6, 6.07) is 0. The molecule has 0 radical (unpaired) electrons. The maximum Gasteiger partial charge on any atom is 0.0558 e. The number of aliphatic hydroxyl groups excluding tert-OH is 1. The lowest BCUT2D eigenvalue weighted by Crippen LogP contribution is -2.28. The molecule has 0 saturated heterocycles. The molecule has 0 aromatic carbocycles. The first-order chi connectivity index (χ1) is 4.85. The molecule has 0 spiro atoms. The lowest BCUT2D eigenvalue weighted by molar-refractivity contribution is 0.196. The van der Waals surface area contributed by atoms with E-state index in [4.69, 9.17) is 5.11 Å². The zero-order chi connectivity index (χ0) is 7.82. The molecule has 0 aromatic rings. The van der Waals surface area contributed by atoms with Crippen LogP contribution in [0.2, 0.25) is 0 Å². The van der Waals surface area contributed by atoms with Crippen LogP contribution in [0.4, 0.5) is 0 Å². The second-order valence-corrected chi connectivity index (χ2v) is 2.57. The number of aliphatic hydroxyl groups is 1. The van der Waals surface area contributed by atoms with E-state index >= 15 is 0 Å². The van der Waals surface area contributed by atoms with Gasteiger partial charge in [0.15, 0.2) is 0 Å². The second-order valence-electron chi connectivity index (χ2n) is 2.57. The number of nitrogens with zero attached hydrogens (tertiary/aromatic N) is 1. The maximum absolute atomic E-state index is 8.65. The van der Waals surface area contributed by atoms with Gasteiger partial charge in [0.1, 0.15) is 0 Å². The van der Waals surface area contributed by atoms with Crippen LogP contribution in [-0.4, -0.2) is 36.2 Å². The van der Waals surface area contributed by atoms with E-state index in [0.29, 0.717) is 6.61 Å². The Kier molecular flexibility index (Phi) is 12.8. The van der Waals surface area contributed by atoms with Gasteiger partial charge >= 0.3 is 0 Å². The molecule has 1 N–H and O–H groups in total. The summed E-state index contributed by atoms with van der Waals surface area (Å²) in [6.45, 7) is 7.70. The third kappa shape index (κ3) is 8.11. The van der Waals surface area contributed by atoms with Gasteiger partial charge in [-0.25, -0.2) is 0 Å². The molecule has 0 heterocycles. The van der Waals surface area contributed by atoms with Crippen molar-refractivity contribution in [2.45, 2.75) is 26.7 Å². The fourth-order valence-electron chi connectivity index (χ4n) is 1.11. The van der Waals surface area contributed by atoms with E-state index in [9.17, 15) is 0 Å². The Morgan fingerprint density at radius 1 is 1.00 bits per heavy atom. The molecular formula is C8H20ClNO. The molecule has 11 heavy (non-hydrogen) atoms. The zero-order valence-electron chi connectivity index (χ0n) is 7.55. The van der Waals surface area contributed by atoms with Crippen LogP contribution in [0.3, 0.4) is 0 Å². The number of halogens is 1. The van der Waals surface area contributed by atoms with Crippen LogP contribution in [-0.2, 0) is 0 Å². The second kappa shape index (κ2) is 10.2. The summed E-state index contributed by atoms with van der Waals surface area (Å²) in [5.41, 5.74) is 0. The van der Waals surface area contributed by atoms with Gasteiger partial charge in [-0.3, -0.25) is 0 Å². The van der Waals surface area contributed by atoms with Crippen LogP contribution in [0.15, 0.2) is 0 Å². The highest BCUT2D eigenvalue weighted by Gasteiger charge is 1.98. The monoisotopic (exact) mass is 181 g/mol. The molecule has 0 bridgehead atoms. The van der Waals surface area contributed by atoms with Crippen LogP contribution in [0.5, 0.6) is 0 Å². The summed E-state index contributed by atoms with van der Waals surface area (Å²) in [5.74, 6) is 0. The molecule has 0 aromatic heterocycles. The highest BCUT2D eigenvalue weighted by atomic mass is 35.5. The Bertz CT molecular complexity index is 56.8. The molecule has 0 rings (SSSR count). The number of rotatable bonds is 6. The lowest BCUT2D eigenvalue weighted by Gasteiger charge is -2.18. The van der Waals surface area contributed by atoms with Crippen LogP contribution < -0.4 is 0 Å². The van der Waals surface area contributed by atoms with Crippen molar-refractivity contribution in [3.63, 3.8) is 0 Å². The SMILES string of the molecule is CCCN(CCC)CCO.Cl. The van der Waals surface area contributed by atoms with Crippen LogP contribution in [0, 0.1) is 0 Å². The normalized spacial score (nSPS) is 9.82. The van der Waals surface area contributed by atoms with Gasteiger partial charge < -0.3 is 10.0 Å². The standard InChI is InChI=1S/C8H19NO.ClH/c1-3-5-9(6-4-2)7-8-10;/h10H,3-8H2,1-2H3;1H. The quantitative estimate of drug-likeness (QED) is 0.672. The summed E-state index contributed by atoms with van der Waals surface area (Å²) in [5, 5.41) is 8.65. The van der Waals surface area contributed by atoms with Crippen molar-refractivity contribution in [1.82, 2.24) is 4.90 Å². The van der Waals surface area contributed by atoms with Crippen LogP contribution in [0.1, 0.15) is 26.7 Å². The molecule has 0 saturated carbocycles. The number of hydrogen-bond acceptors (Lipinski definition) is 2. The molecule has 0 fully saturated rings. The molecule has 3 heteroatoms. The predicted octanol–water partition coefficient (Wildman–Crippen LogP) is 1.52. The summed E-state index contributed by atoms with van der Waals surface area (Å²) >= 11 is 0. The minimum absolute atomic E-state index is 0. The zero-order valence-corrected chi connectivity index (χ0v) is 8.36. The van der Waals surface area contributed by atoms with Gasteiger partial charge in [-0.1, -0.05) is 13.8 Å². The van der Waals surface area contributed by atoms with Gasteiger partial charge in [0.2, 0.25) is 0 Å². The van der Waals surface area contributed by atoms with Gasteiger partial charge in [-0.15, -0.1) is 12.4 Å². The van der Waals surface area contributed by atoms with Gasteiger partial charge in [0.25, 0.3) is 0 Å². The topological polar surface area (TPSA) is 23.5 Å². The average Bonchev–Trinajstić information content (AvgIpc) is 1.90. The summed E-state index contributed by atoms with van der Waals surface area (Å²) in [6.07, 6.45) is 2.36. The molecule has 0 atom stereocenters. The Balaban J connectivity index is 0. The Morgan fingerprint density at radius 2 is 1.45 bits per heavy atom. The molecule has 0 amide bonds. The van der Waals surface area contributed by atoms with Crippen LogP contribution in [0.25, 0.3) is 0 Å². The van der Waals surface area contributed by atoms with E-state index in [1.165, 1.54) is 12.8 Å². The molecular weight excluding hydrogens is 162 g/mol. The summed E-state index contributed by atoms with van der Waals surface area (Å²) in [4.78, 5) is 2.29. The van der Waals surface area contributed by atoms with Gasteiger partial charge in [-0.05, 0) is 25.9 Å². The van der Waals surface area contributed by atoms with Crippen molar-refractivity contribution in [3.05, 3.63) is 0 Å². The molecule has 0 aliphatic carbocycles. The maximum atomic E-state index is 8.65. The molecule has 70 valence electrons. The third-order valence-corrected chi connectivity index (χ3v) is 1.50. The largest absolute Gasteiger partial charge is 0.395 e. The smallest absolute Gasteiger partial charge is 0.0558 e. The van der Waals surface area contributed by atoms with E-state index in [0.717, 1.165) is 19.6 Å². The molecule has 0 aliphatic heterocycles. The third-order valence-electron chi connectivity index (χ3n) is 1.50. The fourth-order valence-corrected chi connectivity index (χ4v) is 1.11. The first-order valence-corrected chi connectivity index (χ1v) is 4.18. The van der Waals surface area contributed by atoms with E-state index in [1.807, 2.05) is 0 Å². The first kappa shape index (κ1) is 13.8. The lowest BCUT2D eigenvalue weighted by atomic mass is 10.3. The Morgan fingerprint density at radius 3 is 1.73 bits per heavy atom. The van der Waals surface area contributed by atoms with Crippen molar-refractivity contribution in [3.8, 4) is 0 Å². The van der Waals surface area contributed by atoms with Crippen molar-refractivity contribution in [2.75, 3.05) is 26.2 Å². The van der Waals surface area contributed by atoms with E-state index in [-0.39, 0.29) is 12.4 Å². The number of hydrogen-bond donors (Lipinski definition) is 1. The van der Waals surface area contributed by atoms with Crippen molar-refractivity contribution < 1.29 is 5.11 Å². The van der Waals surface area contributed by atoms with Gasteiger partial charge in [0.05, 0.1) is 6.61 Å². The van der Waals surface area contributed by atoms with Crippen molar-refractivity contribution >= 4 is 12.4 Å². The average molecular weight is 182 g/mol. The Hall–Kier alpha value is 0.210. The van der Waals surface area contributed by atoms with Gasteiger partial charge in [0, 0.05) is 6.54 Å². The fraction of sp³-hybridized carbons (Fsp3) is 1.00.